The summed E-state index contributed by atoms with van der Waals surface area (Å²) in [4.78, 5) is 21.6. The quantitative estimate of drug-likeness (QED) is 0.285. The van der Waals surface area contributed by atoms with E-state index in [0.717, 1.165) is 57.3 Å². The molecule has 2 N–H and O–H groups in total. The Morgan fingerprint density at radius 1 is 1.06 bits per heavy atom. The van der Waals surface area contributed by atoms with Crippen molar-refractivity contribution in [2.75, 3.05) is 52.9 Å². The number of aliphatic imine (C=N–C) groups is 1. The van der Waals surface area contributed by atoms with Crippen molar-refractivity contribution >= 4 is 35.8 Å². The lowest BCUT2D eigenvalue weighted by atomic mass is 10.1. The molecule has 2 fully saturated rings. The summed E-state index contributed by atoms with van der Waals surface area (Å²) in [6.45, 7) is 8.19. The molecule has 2 saturated heterocycles. The van der Waals surface area contributed by atoms with Gasteiger partial charge in [0.1, 0.15) is 5.75 Å². The van der Waals surface area contributed by atoms with Crippen molar-refractivity contribution in [3.05, 3.63) is 29.8 Å². The van der Waals surface area contributed by atoms with Gasteiger partial charge in [0.05, 0.1) is 19.7 Å². The Kier molecular flexibility index (Phi) is 11.4. The number of guanidine groups is 1. The third kappa shape index (κ3) is 7.82. The molecule has 0 saturated carbocycles. The van der Waals surface area contributed by atoms with Gasteiger partial charge >= 0.3 is 0 Å². The zero-order valence-corrected chi connectivity index (χ0v) is 21.3. The van der Waals surface area contributed by atoms with Gasteiger partial charge in [-0.15, -0.1) is 24.0 Å². The first kappa shape index (κ1) is 25.7. The number of methoxy groups -OCH3 is 1. The van der Waals surface area contributed by atoms with E-state index in [-0.39, 0.29) is 35.9 Å². The molecular weight excluding hydrogens is 505 g/mol. The van der Waals surface area contributed by atoms with Gasteiger partial charge in [-0.25, -0.2) is 0 Å². The van der Waals surface area contributed by atoms with Gasteiger partial charge in [-0.3, -0.25) is 14.7 Å². The minimum atomic E-state index is 0. The summed E-state index contributed by atoms with van der Waals surface area (Å²) < 4.78 is 5.31. The van der Waals surface area contributed by atoms with Crippen LogP contribution in [0, 0.1) is 0 Å². The Morgan fingerprint density at radius 2 is 1.71 bits per heavy atom. The molecule has 1 aromatic carbocycles. The molecule has 2 aliphatic heterocycles. The monoisotopic (exact) mass is 543 g/mol. The highest BCUT2D eigenvalue weighted by atomic mass is 127. The molecule has 1 amide bonds. The highest BCUT2D eigenvalue weighted by molar-refractivity contribution is 14.0. The van der Waals surface area contributed by atoms with Crippen LogP contribution in [0.5, 0.6) is 5.75 Å². The number of benzene rings is 1. The van der Waals surface area contributed by atoms with Gasteiger partial charge in [0.2, 0.25) is 5.91 Å². The predicted octanol–water partition coefficient (Wildman–Crippen LogP) is 3.02. The maximum Gasteiger partial charge on any atom is 0.224 e. The molecule has 174 valence electrons. The van der Waals surface area contributed by atoms with Gasteiger partial charge in [-0.05, 0) is 63.4 Å². The smallest absolute Gasteiger partial charge is 0.224 e. The molecular formula is C23H38IN5O2. The number of nitrogens with zero attached hydrogens (tertiary/aromatic N) is 3. The largest absolute Gasteiger partial charge is 0.497 e. The zero-order chi connectivity index (χ0) is 21.2. The topological polar surface area (TPSA) is 69.2 Å². The van der Waals surface area contributed by atoms with E-state index in [9.17, 15) is 4.79 Å². The van der Waals surface area contributed by atoms with Crippen molar-refractivity contribution < 1.29 is 9.53 Å². The number of halogens is 1. The first-order valence-electron chi connectivity index (χ1n) is 11.4. The van der Waals surface area contributed by atoms with Crippen molar-refractivity contribution in [1.82, 2.24) is 20.4 Å². The highest BCUT2D eigenvalue weighted by Gasteiger charge is 2.23. The molecule has 1 unspecified atom stereocenters. The maximum absolute atomic E-state index is 12.3. The van der Waals surface area contributed by atoms with Gasteiger partial charge in [0.25, 0.3) is 0 Å². The summed E-state index contributed by atoms with van der Waals surface area (Å²) in [5.41, 5.74) is 1.27. The van der Waals surface area contributed by atoms with E-state index in [0.29, 0.717) is 19.5 Å². The Bertz CT molecular complexity index is 686. The standard InChI is InChI=1S/C23H37N5O2.HI/c1-3-24-23(25-13-12-22(29)28-16-6-7-17-28)26-18-21(27-14-4-5-15-27)19-8-10-20(30-2)11-9-19;/h8-11,21H,3-7,12-18H2,1-2H3,(H2,24,25,26);1H. The zero-order valence-electron chi connectivity index (χ0n) is 18.9. The van der Waals surface area contributed by atoms with E-state index in [4.69, 9.17) is 9.73 Å². The molecule has 0 aliphatic carbocycles. The molecule has 0 spiro atoms. The fraction of sp³-hybridized carbons (Fsp3) is 0.652. The number of likely N-dealkylation sites (tertiary alicyclic amines) is 2. The number of rotatable bonds is 9. The number of ether oxygens (including phenoxy) is 1. The number of amides is 1. The van der Waals surface area contributed by atoms with Crippen molar-refractivity contribution in [2.24, 2.45) is 4.99 Å². The lowest BCUT2D eigenvalue weighted by molar-refractivity contribution is -0.129. The van der Waals surface area contributed by atoms with Gasteiger partial charge in [-0.1, -0.05) is 12.1 Å². The molecule has 1 aromatic rings. The van der Waals surface area contributed by atoms with Crippen LogP contribution in [-0.2, 0) is 4.79 Å². The van der Waals surface area contributed by atoms with E-state index < -0.39 is 0 Å². The molecule has 2 aliphatic rings. The van der Waals surface area contributed by atoms with Crippen LogP contribution < -0.4 is 15.4 Å². The van der Waals surface area contributed by atoms with E-state index in [2.05, 4.69) is 34.6 Å². The van der Waals surface area contributed by atoms with Crippen LogP contribution in [0.25, 0.3) is 0 Å². The van der Waals surface area contributed by atoms with Gasteiger partial charge in [-0.2, -0.15) is 0 Å². The fourth-order valence-electron chi connectivity index (χ4n) is 4.24. The third-order valence-electron chi connectivity index (χ3n) is 5.94. The summed E-state index contributed by atoms with van der Waals surface area (Å²) >= 11 is 0. The highest BCUT2D eigenvalue weighted by Crippen LogP contribution is 2.27. The maximum atomic E-state index is 12.3. The third-order valence-corrected chi connectivity index (χ3v) is 5.94. The van der Waals surface area contributed by atoms with Crippen LogP contribution in [0.2, 0.25) is 0 Å². The molecule has 31 heavy (non-hydrogen) atoms. The Hall–Kier alpha value is -1.55. The van der Waals surface area contributed by atoms with Crippen LogP contribution in [0.1, 0.15) is 50.6 Å². The molecule has 2 heterocycles. The van der Waals surface area contributed by atoms with E-state index >= 15 is 0 Å². The summed E-state index contributed by atoms with van der Waals surface area (Å²) in [5, 5.41) is 6.66. The molecule has 1 atom stereocenters. The SMILES string of the molecule is CCNC(=NCC(c1ccc(OC)cc1)N1CCCC1)NCCC(=O)N1CCCC1.I. The first-order valence-corrected chi connectivity index (χ1v) is 11.4. The predicted molar refractivity (Wildman–Crippen MR) is 136 cm³/mol. The first-order chi connectivity index (χ1) is 14.7. The molecule has 8 heteroatoms. The molecule has 3 rings (SSSR count). The average molecular weight is 543 g/mol. The minimum absolute atomic E-state index is 0. The average Bonchev–Trinajstić information content (AvgIpc) is 3.49. The van der Waals surface area contributed by atoms with Gasteiger partial charge in [0, 0.05) is 32.6 Å². The Morgan fingerprint density at radius 3 is 2.32 bits per heavy atom. The lowest BCUT2D eigenvalue weighted by Gasteiger charge is -2.27. The normalized spacial score (nSPS) is 17.9. The number of nitrogens with one attached hydrogen (secondary N) is 2. The van der Waals surface area contributed by atoms with E-state index in [1.54, 1.807) is 7.11 Å². The fourth-order valence-corrected chi connectivity index (χ4v) is 4.24. The lowest BCUT2D eigenvalue weighted by Crippen LogP contribution is -2.40. The number of carbonyl (C=O) groups is 1. The second-order valence-electron chi connectivity index (χ2n) is 8.02. The molecule has 0 aromatic heterocycles. The summed E-state index contributed by atoms with van der Waals surface area (Å²) in [7, 11) is 1.69. The van der Waals surface area contributed by atoms with E-state index in [1.807, 2.05) is 17.0 Å². The van der Waals surface area contributed by atoms with Gasteiger partial charge in [0.15, 0.2) is 5.96 Å². The van der Waals surface area contributed by atoms with Crippen LogP contribution in [0.3, 0.4) is 0 Å². The van der Waals surface area contributed by atoms with Crippen molar-refractivity contribution in [1.29, 1.82) is 0 Å². The van der Waals surface area contributed by atoms with Crippen molar-refractivity contribution in [3.63, 3.8) is 0 Å². The van der Waals surface area contributed by atoms with Crippen LogP contribution in [0.4, 0.5) is 0 Å². The Labute approximate surface area is 204 Å². The summed E-state index contributed by atoms with van der Waals surface area (Å²) in [5.74, 6) is 1.90. The summed E-state index contributed by atoms with van der Waals surface area (Å²) in [6, 6.07) is 8.59. The molecule has 0 bridgehead atoms. The second kappa shape index (κ2) is 13.8. The van der Waals surface area contributed by atoms with Crippen LogP contribution in [0.15, 0.2) is 29.3 Å². The molecule has 7 nitrogen and oxygen atoms in total. The number of hydrogen-bond donors (Lipinski definition) is 2. The Balaban J connectivity index is 0.00000341. The number of hydrogen-bond acceptors (Lipinski definition) is 4. The second-order valence-corrected chi connectivity index (χ2v) is 8.02. The number of carbonyl (C=O) groups excluding carboxylic acids is 1. The minimum Gasteiger partial charge on any atom is -0.497 e. The van der Waals surface area contributed by atoms with Crippen molar-refractivity contribution in [2.45, 2.75) is 45.1 Å². The van der Waals surface area contributed by atoms with E-state index in [1.165, 1.54) is 18.4 Å². The van der Waals surface area contributed by atoms with Crippen LogP contribution in [-0.4, -0.2) is 74.6 Å². The van der Waals surface area contributed by atoms with Crippen LogP contribution >= 0.6 is 24.0 Å². The summed E-state index contributed by atoms with van der Waals surface area (Å²) in [6.07, 6.45) is 5.26. The van der Waals surface area contributed by atoms with Crippen molar-refractivity contribution in [3.8, 4) is 5.75 Å². The molecule has 0 radical (unpaired) electrons. The van der Waals surface area contributed by atoms with Gasteiger partial charge < -0.3 is 20.3 Å².